The first-order chi connectivity index (χ1) is 11.4. The van der Waals surface area contributed by atoms with Gasteiger partial charge in [0.2, 0.25) is 0 Å². The van der Waals surface area contributed by atoms with Gasteiger partial charge in [0, 0.05) is 12.0 Å². The molecule has 1 aromatic carbocycles. The molecule has 0 spiro atoms. The number of alkyl halides is 3. The first-order valence-corrected chi connectivity index (χ1v) is 7.60. The molecule has 1 aliphatic heterocycles. The highest BCUT2D eigenvalue weighted by Gasteiger charge is 2.53. The maximum atomic E-state index is 13.7. The molecule has 0 fully saturated rings. The van der Waals surface area contributed by atoms with Gasteiger partial charge in [-0.25, -0.2) is 9.48 Å². The van der Waals surface area contributed by atoms with E-state index in [2.05, 4.69) is 10.4 Å². The lowest BCUT2D eigenvalue weighted by Crippen LogP contribution is -2.45. The summed E-state index contributed by atoms with van der Waals surface area (Å²) >= 11 is 0. The van der Waals surface area contributed by atoms with Crippen molar-refractivity contribution in [2.24, 2.45) is 5.92 Å². The number of halogens is 3. The molecule has 2 heterocycles. The number of nitrogens with one attached hydrogen (secondary N) is 1. The monoisotopic (exact) mass is 337 g/mol. The lowest BCUT2D eigenvalue weighted by Gasteiger charge is -2.43. The molecule has 5 nitrogen and oxygen atoms in total. The first kappa shape index (κ1) is 15.0. The molecule has 0 amide bonds. The number of rotatable bonds is 1. The Kier molecular flexibility index (Phi) is 3.13. The van der Waals surface area contributed by atoms with E-state index < -0.39 is 35.8 Å². The van der Waals surface area contributed by atoms with E-state index in [4.69, 9.17) is 5.11 Å². The number of anilines is 1. The minimum Gasteiger partial charge on any atom is -0.476 e. The minimum absolute atomic E-state index is 0.0904. The number of nitrogens with zero attached hydrogens (tertiary/aromatic N) is 2. The van der Waals surface area contributed by atoms with Crippen molar-refractivity contribution >= 4 is 11.8 Å². The lowest BCUT2D eigenvalue weighted by molar-refractivity contribution is -0.188. The van der Waals surface area contributed by atoms with Crippen LogP contribution >= 0.6 is 0 Å². The quantitative estimate of drug-likeness (QED) is 0.837. The Labute approximate surface area is 135 Å². The lowest BCUT2D eigenvalue weighted by atomic mass is 9.75. The van der Waals surface area contributed by atoms with E-state index in [-0.39, 0.29) is 5.82 Å². The third kappa shape index (κ3) is 2.16. The van der Waals surface area contributed by atoms with Crippen molar-refractivity contribution < 1.29 is 23.1 Å². The van der Waals surface area contributed by atoms with Gasteiger partial charge in [-0.15, -0.1) is 0 Å². The number of fused-ring (bicyclic) bond motifs is 4. The zero-order valence-electron chi connectivity index (χ0n) is 12.4. The molecular formula is C16H14F3N3O2. The number of hydrogen-bond donors (Lipinski definition) is 2. The largest absolute Gasteiger partial charge is 0.476 e. The standard InChI is InChI=1S/C16H14F3N3O2/c17-16(18,19)14-10-6-5-8-3-1-2-4-9(8)13(10)20-12-7-11(15(23)24)21-22(12)14/h1-4,7,10,13-14,20H,5-6H2,(H,23,24)/t10-,13+,14-/m0/s1. The Morgan fingerprint density at radius 3 is 2.79 bits per heavy atom. The summed E-state index contributed by atoms with van der Waals surface area (Å²) < 4.78 is 42.0. The van der Waals surface area contributed by atoms with Gasteiger partial charge in [-0.05, 0) is 24.0 Å². The van der Waals surface area contributed by atoms with Crippen LogP contribution in [-0.4, -0.2) is 27.0 Å². The van der Waals surface area contributed by atoms with Crippen molar-refractivity contribution in [3.05, 3.63) is 47.2 Å². The smallest absolute Gasteiger partial charge is 0.411 e. The van der Waals surface area contributed by atoms with E-state index in [0.717, 1.165) is 21.9 Å². The van der Waals surface area contributed by atoms with Crippen molar-refractivity contribution in [2.45, 2.75) is 31.1 Å². The minimum atomic E-state index is -4.51. The zero-order valence-corrected chi connectivity index (χ0v) is 12.4. The number of aromatic nitrogens is 2. The Morgan fingerprint density at radius 1 is 1.33 bits per heavy atom. The predicted molar refractivity (Wildman–Crippen MR) is 78.9 cm³/mol. The van der Waals surface area contributed by atoms with E-state index in [1.807, 2.05) is 18.2 Å². The molecule has 2 N–H and O–H groups in total. The van der Waals surface area contributed by atoms with E-state index in [1.165, 1.54) is 0 Å². The van der Waals surface area contributed by atoms with E-state index >= 15 is 0 Å². The molecule has 126 valence electrons. The van der Waals surface area contributed by atoms with Crippen LogP contribution in [0.25, 0.3) is 0 Å². The number of carboxylic acids is 1. The number of carboxylic acid groups (broad SMARTS) is 1. The van der Waals surface area contributed by atoms with Gasteiger partial charge in [0.05, 0.1) is 6.04 Å². The summed E-state index contributed by atoms with van der Waals surface area (Å²) in [4.78, 5) is 11.1. The second-order valence-electron chi connectivity index (χ2n) is 6.17. The van der Waals surface area contributed by atoms with Gasteiger partial charge in [-0.1, -0.05) is 24.3 Å². The van der Waals surface area contributed by atoms with Gasteiger partial charge in [0.25, 0.3) is 0 Å². The third-order valence-corrected chi connectivity index (χ3v) is 4.83. The van der Waals surface area contributed by atoms with Gasteiger partial charge >= 0.3 is 12.1 Å². The third-order valence-electron chi connectivity index (χ3n) is 4.83. The number of carbonyl (C=O) groups is 1. The number of benzene rings is 1. The molecule has 0 saturated carbocycles. The Morgan fingerprint density at radius 2 is 2.08 bits per heavy atom. The summed E-state index contributed by atoms with van der Waals surface area (Å²) in [5, 5.41) is 15.8. The van der Waals surface area contributed by atoms with Crippen LogP contribution < -0.4 is 5.32 Å². The zero-order chi connectivity index (χ0) is 17.1. The summed E-state index contributed by atoms with van der Waals surface area (Å²) in [5.74, 6) is -1.98. The average Bonchev–Trinajstić information content (AvgIpc) is 2.95. The number of hydrogen-bond acceptors (Lipinski definition) is 3. The van der Waals surface area contributed by atoms with E-state index in [9.17, 15) is 18.0 Å². The van der Waals surface area contributed by atoms with Crippen molar-refractivity contribution in [1.82, 2.24) is 9.78 Å². The van der Waals surface area contributed by atoms with Gasteiger partial charge < -0.3 is 10.4 Å². The first-order valence-electron chi connectivity index (χ1n) is 7.60. The molecule has 1 aliphatic carbocycles. The highest BCUT2D eigenvalue weighted by Crippen LogP contribution is 2.51. The topological polar surface area (TPSA) is 67.1 Å². The molecule has 24 heavy (non-hydrogen) atoms. The van der Waals surface area contributed by atoms with Crippen molar-refractivity contribution in [1.29, 1.82) is 0 Å². The van der Waals surface area contributed by atoms with Gasteiger partial charge in [-0.3, -0.25) is 0 Å². The van der Waals surface area contributed by atoms with Crippen LogP contribution in [0.4, 0.5) is 19.0 Å². The summed E-state index contributed by atoms with van der Waals surface area (Å²) in [6.07, 6.45) is -3.58. The van der Waals surface area contributed by atoms with Crippen molar-refractivity contribution in [3.8, 4) is 0 Å². The van der Waals surface area contributed by atoms with Gasteiger partial charge in [-0.2, -0.15) is 18.3 Å². The van der Waals surface area contributed by atoms with Gasteiger partial charge in [0.1, 0.15) is 5.82 Å². The van der Waals surface area contributed by atoms with Crippen LogP contribution in [-0.2, 0) is 6.42 Å². The summed E-state index contributed by atoms with van der Waals surface area (Å²) in [6.45, 7) is 0. The van der Waals surface area contributed by atoms with Crippen LogP contribution in [0.15, 0.2) is 30.3 Å². The van der Waals surface area contributed by atoms with Crippen LogP contribution in [0.1, 0.15) is 40.1 Å². The molecule has 1 aromatic heterocycles. The Balaban J connectivity index is 1.87. The molecule has 0 bridgehead atoms. The molecule has 3 atom stereocenters. The van der Waals surface area contributed by atoms with Gasteiger partial charge in [0.15, 0.2) is 11.7 Å². The molecule has 2 aliphatic rings. The SMILES string of the molecule is O=C(O)c1cc2n(n1)[C@H](C(F)(F)F)[C@H]1CCc3ccccc3[C@H]1N2. The summed E-state index contributed by atoms with van der Waals surface area (Å²) in [5.41, 5.74) is 1.48. The fourth-order valence-electron chi connectivity index (χ4n) is 3.85. The van der Waals surface area contributed by atoms with Crippen molar-refractivity contribution in [3.63, 3.8) is 0 Å². The number of aryl methyl sites for hydroxylation is 1. The Hall–Kier alpha value is -2.51. The molecule has 0 unspecified atom stereocenters. The average molecular weight is 337 g/mol. The Bertz CT molecular complexity index is 815. The predicted octanol–water partition coefficient (Wildman–Crippen LogP) is 3.41. The normalized spacial score (nSPS) is 25.2. The molecule has 0 radical (unpaired) electrons. The highest BCUT2D eigenvalue weighted by molar-refractivity contribution is 5.86. The van der Waals surface area contributed by atoms with Crippen LogP contribution in [0.5, 0.6) is 0 Å². The van der Waals surface area contributed by atoms with Crippen molar-refractivity contribution in [2.75, 3.05) is 5.32 Å². The second kappa shape index (κ2) is 4.99. The molecule has 4 rings (SSSR count). The molecule has 0 saturated heterocycles. The maximum Gasteiger partial charge on any atom is 0.411 e. The molecule has 8 heteroatoms. The second-order valence-corrected chi connectivity index (χ2v) is 6.17. The number of aromatic carboxylic acids is 1. The fourth-order valence-corrected chi connectivity index (χ4v) is 3.85. The fraction of sp³-hybridized carbons (Fsp3) is 0.375. The van der Waals surface area contributed by atoms with Crippen LogP contribution in [0.2, 0.25) is 0 Å². The van der Waals surface area contributed by atoms with E-state index in [1.54, 1.807) is 6.07 Å². The summed E-state index contributed by atoms with van der Waals surface area (Å²) in [6, 6.07) is 6.25. The molecule has 2 aromatic rings. The maximum absolute atomic E-state index is 13.7. The van der Waals surface area contributed by atoms with E-state index in [0.29, 0.717) is 12.8 Å². The molecular weight excluding hydrogens is 323 g/mol. The summed E-state index contributed by atoms with van der Waals surface area (Å²) in [7, 11) is 0. The van der Waals surface area contributed by atoms with Crippen LogP contribution in [0, 0.1) is 5.92 Å². The van der Waals surface area contributed by atoms with Crippen LogP contribution in [0.3, 0.4) is 0 Å². The highest BCUT2D eigenvalue weighted by atomic mass is 19.4.